The fourth-order valence-electron chi connectivity index (χ4n) is 5.92. The largest absolute Gasteiger partial charge is 0.390 e. The number of aryl methyl sites for hydroxylation is 1. The van der Waals surface area contributed by atoms with Crippen molar-refractivity contribution in [1.29, 1.82) is 0 Å². The normalized spacial score (nSPS) is 22.4. The van der Waals surface area contributed by atoms with Crippen molar-refractivity contribution in [3.05, 3.63) is 76.7 Å². The second kappa shape index (κ2) is 10.3. The van der Waals surface area contributed by atoms with Crippen molar-refractivity contribution in [2.75, 3.05) is 25.0 Å². The lowest BCUT2D eigenvalue weighted by atomic mass is 9.92. The van der Waals surface area contributed by atoms with E-state index in [1.165, 1.54) is 28.8 Å². The van der Waals surface area contributed by atoms with Gasteiger partial charge in [-0.15, -0.1) is 0 Å². The smallest absolute Gasteiger partial charge is 0.254 e. The average molecular weight is 501 g/mol. The summed E-state index contributed by atoms with van der Waals surface area (Å²) in [5, 5.41) is 18.8. The first-order valence-corrected chi connectivity index (χ1v) is 13.5. The van der Waals surface area contributed by atoms with E-state index >= 15 is 0 Å². The van der Waals surface area contributed by atoms with Crippen LogP contribution in [0, 0.1) is 0 Å². The highest BCUT2D eigenvalue weighted by Gasteiger charge is 2.35. The van der Waals surface area contributed by atoms with Crippen molar-refractivity contribution in [1.82, 2.24) is 24.6 Å². The highest BCUT2D eigenvalue weighted by Crippen LogP contribution is 2.28. The molecule has 3 aliphatic rings. The van der Waals surface area contributed by atoms with Crippen LogP contribution in [0.5, 0.6) is 0 Å². The highest BCUT2D eigenvalue weighted by atomic mass is 16.3. The lowest BCUT2D eigenvalue weighted by molar-refractivity contribution is -0.0137. The number of fused-ring (bicyclic) bond motifs is 1. The number of benzene rings is 1. The maximum atomic E-state index is 13.2. The van der Waals surface area contributed by atoms with Gasteiger partial charge in [-0.25, -0.2) is 4.98 Å². The summed E-state index contributed by atoms with van der Waals surface area (Å²) >= 11 is 0. The summed E-state index contributed by atoms with van der Waals surface area (Å²) in [5.74, 6) is 0.739. The summed E-state index contributed by atoms with van der Waals surface area (Å²) in [5.41, 5.74) is 5.90. The number of carbonyl (C=O) groups excluding carboxylic acids is 1. The molecule has 1 saturated heterocycles. The van der Waals surface area contributed by atoms with Crippen molar-refractivity contribution < 1.29 is 9.90 Å². The summed E-state index contributed by atoms with van der Waals surface area (Å²) < 4.78 is 1.93. The van der Waals surface area contributed by atoms with Crippen molar-refractivity contribution in [3.8, 4) is 0 Å². The number of pyridine rings is 1. The minimum absolute atomic E-state index is 0.0264. The molecule has 0 spiro atoms. The Bertz CT molecular complexity index is 1270. The Balaban J connectivity index is 1.06. The summed E-state index contributed by atoms with van der Waals surface area (Å²) in [4.78, 5) is 21.8. The SMILES string of the molecule is Cn1nccc1Cc1ccc2c(c1)CCN([C@@H]1CCN(C(=O)c3ccnc(NC4CCC4)c3)C[C@H]1O)C2. The molecule has 2 N–H and O–H groups in total. The summed E-state index contributed by atoms with van der Waals surface area (Å²) in [6.45, 7) is 2.79. The third-order valence-corrected chi connectivity index (χ3v) is 8.39. The number of aliphatic hydroxyl groups is 1. The number of hydrogen-bond donors (Lipinski definition) is 2. The van der Waals surface area contributed by atoms with Crippen LogP contribution < -0.4 is 5.32 Å². The van der Waals surface area contributed by atoms with E-state index in [1.807, 2.05) is 24.0 Å². The van der Waals surface area contributed by atoms with Gasteiger partial charge in [0.1, 0.15) is 5.82 Å². The summed E-state index contributed by atoms with van der Waals surface area (Å²) in [7, 11) is 1.98. The number of likely N-dealkylation sites (tertiary alicyclic amines) is 1. The van der Waals surface area contributed by atoms with E-state index < -0.39 is 6.10 Å². The third kappa shape index (κ3) is 5.13. The van der Waals surface area contributed by atoms with Gasteiger partial charge in [0.15, 0.2) is 0 Å². The van der Waals surface area contributed by atoms with E-state index in [1.54, 1.807) is 17.2 Å². The zero-order valence-electron chi connectivity index (χ0n) is 21.5. The quantitative estimate of drug-likeness (QED) is 0.541. The first kappa shape index (κ1) is 24.1. The molecule has 1 amide bonds. The Morgan fingerprint density at radius 3 is 2.73 bits per heavy atom. The predicted molar refractivity (Wildman–Crippen MR) is 142 cm³/mol. The number of aromatic nitrogens is 3. The molecule has 8 nitrogen and oxygen atoms in total. The van der Waals surface area contributed by atoms with Crippen LogP contribution in [0.25, 0.3) is 0 Å². The van der Waals surface area contributed by atoms with Gasteiger partial charge in [-0.2, -0.15) is 5.10 Å². The molecule has 1 aromatic carbocycles. The number of rotatable bonds is 6. The number of anilines is 1. The fraction of sp³-hybridized carbons (Fsp3) is 0.483. The Labute approximate surface area is 218 Å². The monoisotopic (exact) mass is 500 g/mol. The molecular weight excluding hydrogens is 464 g/mol. The van der Waals surface area contributed by atoms with Gasteiger partial charge in [0.25, 0.3) is 5.91 Å². The molecule has 4 heterocycles. The number of nitrogens with one attached hydrogen (secondary N) is 1. The number of aliphatic hydroxyl groups excluding tert-OH is 1. The Morgan fingerprint density at radius 1 is 1.08 bits per heavy atom. The van der Waals surface area contributed by atoms with Gasteiger partial charge >= 0.3 is 0 Å². The van der Waals surface area contributed by atoms with Gasteiger partial charge in [0.05, 0.1) is 6.10 Å². The van der Waals surface area contributed by atoms with E-state index in [9.17, 15) is 9.90 Å². The number of nitrogens with zero attached hydrogens (tertiary/aromatic N) is 5. The van der Waals surface area contributed by atoms with Crippen molar-refractivity contribution in [2.45, 2.75) is 63.3 Å². The molecule has 37 heavy (non-hydrogen) atoms. The zero-order chi connectivity index (χ0) is 25.4. The van der Waals surface area contributed by atoms with Gasteiger partial charge in [-0.05, 0) is 67.0 Å². The lowest BCUT2D eigenvalue weighted by Crippen LogP contribution is -2.56. The Hall–Kier alpha value is -3.23. The van der Waals surface area contributed by atoms with E-state index in [4.69, 9.17) is 0 Å². The second-order valence-corrected chi connectivity index (χ2v) is 10.8. The molecule has 6 rings (SSSR count). The van der Waals surface area contributed by atoms with Crippen molar-refractivity contribution in [2.24, 2.45) is 7.05 Å². The van der Waals surface area contributed by atoms with Crippen molar-refractivity contribution >= 4 is 11.7 Å². The first-order valence-electron chi connectivity index (χ1n) is 13.5. The topological polar surface area (TPSA) is 86.5 Å². The van der Waals surface area contributed by atoms with Crippen LogP contribution in [-0.2, 0) is 26.4 Å². The van der Waals surface area contributed by atoms with Crippen molar-refractivity contribution in [3.63, 3.8) is 0 Å². The van der Waals surface area contributed by atoms with Crippen LogP contribution in [0.2, 0.25) is 0 Å². The molecule has 0 unspecified atom stereocenters. The number of hydrogen-bond acceptors (Lipinski definition) is 6. The number of piperidine rings is 1. The van der Waals surface area contributed by atoms with Crippen LogP contribution in [0.1, 0.15) is 58.4 Å². The molecule has 2 fully saturated rings. The van der Waals surface area contributed by atoms with Gasteiger partial charge in [-0.3, -0.25) is 14.4 Å². The van der Waals surface area contributed by atoms with Crippen LogP contribution >= 0.6 is 0 Å². The first-order chi connectivity index (χ1) is 18.0. The predicted octanol–water partition coefficient (Wildman–Crippen LogP) is 3.00. The molecule has 0 bridgehead atoms. The van der Waals surface area contributed by atoms with E-state index in [0.29, 0.717) is 24.7 Å². The average Bonchev–Trinajstić information content (AvgIpc) is 3.29. The summed E-state index contributed by atoms with van der Waals surface area (Å²) in [6.07, 6.45) is 9.20. The second-order valence-electron chi connectivity index (χ2n) is 10.8. The molecule has 1 aliphatic carbocycles. The fourth-order valence-corrected chi connectivity index (χ4v) is 5.92. The van der Waals surface area contributed by atoms with Crippen LogP contribution in [0.4, 0.5) is 5.82 Å². The van der Waals surface area contributed by atoms with Crippen LogP contribution in [0.15, 0.2) is 48.8 Å². The standard InChI is InChI=1S/C29H36N6O2/c1-33-25(8-12-31-33)16-20-5-6-23-18-34(13-9-21(23)15-20)26-10-14-35(19-27(26)36)29(37)22-7-11-30-28(17-22)32-24-3-2-4-24/h5-8,11-12,15,17,24,26-27,36H,2-4,9-10,13-14,16,18-19H2,1H3,(H,30,32)/t26-,27-/m1/s1. The molecular formula is C29H36N6O2. The molecule has 2 aliphatic heterocycles. The molecule has 8 heteroatoms. The maximum absolute atomic E-state index is 13.2. The van der Waals surface area contributed by atoms with E-state index in [0.717, 1.165) is 51.0 Å². The Morgan fingerprint density at radius 2 is 1.97 bits per heavy atom. The van der Waals surface area contributed by atoms with E-state index in [2.05, 4.69) is 44.6 Å². The minimum Gasteiger partial charge on any atom is -0.390 e. The molecule has 3 aromatic rings. The zero-order valence-corrected chi connectivity index (χ0v) is 21.5. The molecule has 2 atom stereocenters. The third-order valence-electron chi connectivity index (χ3n) is 8.39. The summed E-state index contributed by atoms with van der Waals surface area (Å²) in [6, 6.07) is 13.0. The maximum Gasteiger partial charge on any atom is 0.254 e. The van der Waals surface area contributed by atoms with Gasteiger partial charge < -0.3 is 15.3 Å². The van der Waals surface area contributed by atoms with Crippen LogP contribution in [-0.4, -0.2) is 73.4 Å². The molecule has 2 aromatic heterocycles. The Kier molecular flexibility index (Phi) is 6.69. The molecule has 194 valence electrons. The lowest BCUT2D eigenvalue weighted by Gasteiger charge is -2.43. The number of β-amino-alcohol motifs (C(OH)–C–C–N with tert-alkyl or cyclic N) is 1. The van der Waals surface area contributed by atoms with Gasteiger partial charge in [0, 0.05) is 75.4 Å². The minimum atomic E-state index is -0.558. The van der Waals surface area contributed by atoms with E-state index in [-0.39, 0.29) is 11.9 Å². The van der Waals surface area contributed by atoms with Gasteiger partial charge in [-0.1, -0.05) is 18.2 Å². The van der Waals surface area contributed by atoms with Gasteiger partial charge in [0.2, 0.25) is 0 Å². The number of amides is 1. The molecule has 0 radical (unpaired) electrons. The molecule has 1 saturated carbocycles. The van der Waals surface area contributed by atoms with Crippen LogP contribution in [0.3, 0.4) is 0 Å². The number of carbonyl (C=O) groups is 1. The highest BCUT2D eigenvalue weighted by molar-refractivity contribution is 5.95.